The Morgan fingerprint density at radius 3 is 2.65 bits per heavy atom. The second-order valence-electron chi connectivity index (χ2n) is 5.91. The molecular weight excluding hydrogens is 358 g/mol. The standard InChI is InChI=1S/C16H17N5O4S/c1-10-3-6-14-13(7-10)19-16(20(14)2)9-18-12-5-4-11(26(17,24)25)8-15(12)21(22)23/h3-8,18H,9H2,1-2H3,(H2,17,24,25). The number of hydrogen-bond donors (Lipinski definition) is 2. The van der Waals surface area contributed by atoms with E-state index in [1.54, 1.807) is 0 Å². The van der Waals surface area contributed by atoms with Gasteiger partial charge in [-0.05, 0) is 36.8 Å². The molecule has 10 heteroatoms. The highest BCUT2D eigenvalue weighted by Crippen LogP contribution is 2.28. The zero-order valence-electron chi connectivity index (χ0n) is 14.1. The Morgan fingerprint density at radius 1 is 1.27 bits per heavy atom. The molecule has 136 valence electrons. The van der Waals surface area contributed by atoms with Gasteiger partial charge < -0.3 is 9.88 Å². The first kappa shape index (κ1) is 17.8. The average Bonchev–Trinajstić information content (AvgIpc) is 2.87. The maximum atomic E-state index is 11.4. The number of nitro groups is 1. The van der Waals surface area contributed by atoms with Gasteiger partial charge in [0.25, 0.3) is 5.69 Å². The van der Waals surface area contributed by atoms with Crippen molar-refractivity contribution in [1.82, 2.24) is 9.55 Å². The Kier molecular flexibility index (Phi) is 4.38. The second-order valence-corrected chi connectivity index (χ2v) is 7.48. The maximum Gasteiger partial charge on any atom is 0.293 e. The summed E-state index contributed by atoms with van der Waals surface area (Å²) < 4.78 is 24.7. The molecule has 0 radical (unpaired) electrons. The fraction of sp³-hybridized carbons (Fsp3) is 0.188. The molecular formula is C16H17N5O4S. The largest absolute Gasteiger partial charge is 0.372 e. The quantitative estimate of drug-likeness (QED) is 0.518. The van der Waals surface area contributed by atoms with Gasteiger partial charge in [0.05, 0.1) is 27.4 Å². The van der Waals surface area contributed by atoms with E-state index in [0.29, 0.717) is 5.82 Å². The van der Waals surface area contributed by atoms with Gasteiger partial charge in [0.15, 0.2) is 0 Å². The lowest BCUT2D eigenvalue weighted by atomic mass is 10.2. The molecule has 3 rings (SSSR count). The van der Waals surface area contributed by atoms with Crippen LogP contribution in [0.5, 0.6) is 0 Å². The van der Waals surface area contributed by atoms with E-state index in [0.717, 1.165) is 22.7 Å². The smallest absolute Gasteiger partial charge is 0.293 e. The summed E-state index contributed by atoms with van der Waals surface area (Å²) in [6.07, 6.45) is 0. The van der Waals surface area contributed by atoms with E-state index in [1.165, 1.54) is 12.1 Å². The van der Waals surface area contributed by atoms with Gasteiger partial charge in [-0.3, -0.25) is 10.1 Å². The molecule has 0 saturated heterocycles. The minimum Gasteiger partial charge on any atom is -0.372 e. The van der Waals surface area contributed by atoms with Crippen molar-refractivity contribution >= 4 is 32.4 Å². The number of aryl methyl sites for hydroxylation is 2. The number of primary sulfonamides is 1. The van der Waals surface area contributed by atoms with Gasteiger partial charge in [-0.1, -0.05) is 6.07 Å². The Hall–Kier alpha value is -2.98. The third-order valence-electron chi connectivity index (χ3n) is 4.06. The van der Waals surface area contributed by atoms with E-state index in [1.807, 2.05) is 36.7 Å². The number of fused-ring (bicyclic) bond motifs is 1. The molecule has 0 spiro atoms. The van der Waals surface area contributed by atoms with Gasteiger partial charge in [-0.25, -0.2) is 18.5 Å². The number of nitrogens with two attached hydrogens (primary N) is 1. The van der Waals surface area contributed by atoms with Gasteiger partial charge in [-0.2, -0.15) is 0 Å². The summed E-state index contributed by atoms with van der Waals surface area (Å²) in [4.78, 5) is 14.8. The van der Waals surface area contributed by atoms with Crippen LogP contribution in [0.2, 0.25) is 0 Å². The van der Waals surface area contributed by atoms with Crippen molar-refractivity contribution in [3.8, 4) is 0 Å². The molecule has 1 heterocycles. The predicted octanol–water partition coefficient (Wildman–Crippen LogP) is 2.05. The molecule has 0 amide bonds. The lowest BCUT2D eigenvalue weighted by Gasteiger charge is -2.08. The molecule has 0 unspecified atom stereocenters. The number of hydrogen-bond acceptors (Lipinski definition) is 6. The molecule has 3 aromatic rings. The first-order valence-electron chi connectivity index (χ1n) is 7.64. The topological polar surface area (TPSA) is 133 Å². The monoisotopic (exact) mass is 375 g/mol. The highest BCUT2D eigenvalue weighted by molar-refractivity contribution is 7.89. The van der Waals surface area contributed by atoms with E-state index in [2.05, 4.69) is 10.3 Å². The van der Waals surface area contributed by atoms with Crippen molar-refractivity contribution in [1.29, 1.82) is 0 Å². The van der Waals surface area contributed by atoms with Gasteiger partial charge in [0.1, 0.15) is 11.5 Å². The van der Waals surface area contributed by atoms with Crippen molar-refractivity contribution < 1.29 is 13.3 Å². The van der Waals surface area contributed by atoms with Gasteiger partial charge >= 0.3 is 0 Å². The molecule has 0 aliphatic heterocycles. The Morgan fingerprint density at radius 2 is 2.00 bits per heavy atom. The molecule has 26 heavy (non-hydrogen) atoms. The Balaban J connectivity index is 1.92. The molecule has 2 aromatic carbocycles. The Labute approximate surface area is 149 Å². The molecule has 3 N–H and O–H groups in total. The van der Waals surface area contributed by atoms with Crippen molar-refractivity contribution in [3.63, 3.8) is 0 Å². The highest BCUT2D eigenvalue weighted by atomic mass is 32.2. The lowest BCUT2D eigenvalue weighted by Crippen LogP contribution is -2.13. The fourth-order valence-electron chi connectivity index (χ4n) is 2.68. The van der Waals surface area contributed by atoms with E-state index in [-0.39, 0.29) is 22.8 Å². The number of aromatic nitrogens is 2. The summed E-state index contributed by atoms with van der Waals surface area (Å²) >= 11 is 0. The molecule has 0 aliphatic rings. The van der Waals surface area contributed by atoms with Crippen LogP contribution < -0.4 is 10.5 Å². The number of anilines is 1. The van der Waals surface area contributed by atoms with E-state index < -0.39 is 14.9 Å². The van der Waals surface area contributed by atoms with E-state index >= 15 is 0 Å². The number of benzene rings is 2. The second kappa shape index (κ2) is 6.39. The number of sulfonamides is 1. The normalized spacial score (nSPS) is 11.7. The highest BCUT2D eigenvalue weighted by Gasteiger charge is 2.19. The maximum absolute atomic E-state index is 11.4. The molecule has 0 aliphatic carbocycles. The van der Waals surface area contributed by atoms with Crippen LogP contribution >= 0.6 is 0 Å². The average molecular weight is 375 g/mol. The van der Waals surface area contributed by atoms with Gasteiger partial charge in [-0.15, -0.1) is 0 Å². The zero-order valence-corrected chi connectivity index (χ0v) is 14.9. The summed E-state index contributed by atoms with van der Waals surface area (Å²) in [5.41, 5.74) is 2.69. The summed E-state index contributed by atoms with van der Waals surface area (Å²) in [7, 11) is -2.16. The summed E-state index contributed by atoms with van der Waals surface area (Å²) in [5.74, 6) is 0.690. The zero-order chi connectivity index (χ0) is 19.1. The fourth-order valence-corrected chi connectivity index (χ4v) is 3.21. The summed E-state index contributed by atoms with van der Waals surface area (Å²) in [5, 5.41) is 19.2. The van der Waals surface area contributed by atoms with Crippen LogP contribution in [0.1, 0.15) is 11.4 Å². The van der Waals surface area contributed by atoms with E-state index in [4.69, 9.17) is 5.14 Å². The summed E-state index contributed by atoms with van der Waals surface area (Å²) in [6, 6.07) is 9.40. The minimum atomic E-state index is -4.02. The van der Waals surface area contributed by atoms with Crippen LogP contribution in [-0.4, -0.2) is 22.9 Å². The molecule has 0 fully saturated rings. The first-order chi connectivity index (χ1) is 12.2. The Bertz CT molecular complexity index is 1120. The van der Waals surface area contributed by atoms with Crippen molar-refractivity contribution in [2.75, 3.05) is 5.32 Å². The third kappa shape index (κ3) is 3.37. The van der Waals surface area contributed by atoms with Crippen LogP contribution in [-0.2, 0) is 23.6 Å². The minimum absolute atomic E-state index is 0.186. The predicted molar refractivity (Wildman–Crippen MR) is 97.2 cm³/mol. The van der Waals surface area contributed by atoms with Crippen LogP contribution in [0.4, 0.5) is 11.4 Å². The SMILES string of the molecule is Cc1ccc2c(c1)nc(CNc1ccc(S(N)(=O)=O)cc1[N+](=O)[O-])n2C. The summed E-state index contributed by atoms with van der Waals surface area (Å²) in [6.45, 7) is 2.21. The number of nitro benzene ring substituents is 1. The van der Waals surface area contributed by atoms with Crippen molar-refractivity contribution in [2.24, 2.45) is 12.2 Å². The van der Waals surface area contributed by atoms with Crippen molar-refractivity contribution in [2.45, 2.75) is 18.4 Å². The van der Waals surface area contributed by atoms with Crippen LogP contribution in [0.15, 0.2) is 41.3 Å². The van der Waals surface area contributed by atoms with Crippen LogP contribution in [0.3, 0.4) is 0 Å². The molecule has 0 atom stereocenters. The van der Waals surface area contributed by atoms with Crippen LogP contribution in [0.25, 0.3) is 11.0 Å². The molecule has 9 nitrogen and oxygen atoms in total. The van der Waals surface area contributed by atoms with Crippen molar-refractivity contribution in [3.05, 3.63) is 57.9 Å². The van der Waals surface area contributed by atoms with Crippen LogP contribution in [0, 0.1) is 17.0 Å². The number of imidazole rings is 1. The third-order valence-corrected chi connectivity index (χ3v) is 4.97. The van der Waals surface area contributed by atoms with Gasteiger partial charge in [0, 0.05) is 13.1 Å². The van der Waals surface area contributed by atoms with Gasteiger partial charge in [0.2, 0.25) is 10.0 Å². The number of nitrogens with zero attached hydrogens (tertiary/aromatic N) is 3. The molecule has 1 aromatic heterocycles. The molecule has 0 saturated carbocycles. The van der Waals surface area contributed by atoms with E-state index in [9.17, 15) is 18.5 Å². The number of nitrogens with one attached hydrogen (secondary N) is 1. The number of rotatable bonds is 5. The lowest BCUT2D eigenvalue weighted by molar-refractivity contribution is -0.384. The molecule has 0 bridgehead atoms. The first-order valence-corrected chi connectivity index (χ1v) is 9.18.